The van der Waals surface area contributed by atoms with Crippen molar-refractivity contribution in [1.29, 1.82) is 0 Å². The highest BCUT2D eigenvalue weighted by molar-refractivity contribution is 5.90. The van der Waals surface area contributed by atoms with Crippen molar-refractivity contribution in [3.05, 3.63) is 36.3 Å². The maximum Gasteiger partial charge on any atom is 0.288 e. The van der Waals surface area contributed by atoms with Gasteiger partial charge >= 0.3 is 0 Å². The number of aromatic nitrogens is 3. The van der Waals surface area contributed by atoms with Crippen molar-refractivity contribution in [3.63, 3.8) is 0 Å². The van der Waals surface area contributed by atoms with Gasteiger partial charge in [0.25, 0.3) is 5.91 Å². The molecule has 0 bridgehead atoms. The third-order valence-corrected chi connectivity index (χ3v) is 2.21. The predicted octanol–water partition coefficient (Wildman–Crippen LogP) is 0.734. The van der Waals surface area contributed by atoms with Crippen LogP contribution in [0.1, 0.15) is 22.8 Å². The van der Waals surface area contributed by atoms with Crippen molar-refractivity contribution in [2.45, 2.75) is 13.0 Å². The zero-order chi connectivity index (χ0) is 12.6. The second kappa shape index (κ2) is 6.55. The van der Waals surface area contributed by atoms with Crippen LogP contribution in [0, 0.1) is 0 Å². The molecule has 0 aliphatic rings. The van der Waals surface area contributed by atoms with Gasteiger partial charge in [-0.15, -0.1) is 0 Å². The van der Waals surface area contributed by atoms with Crippen LogP contribution in [-0.4, -0.2) is 34.2 Å². The summed E-state index contributed by atoms with van der Waals surface area (Å²) in [5.41, 5.74) is 0. The van der Waals surface area contributed by atoms with Gasteiger partial charge in [0.2, 0.25) is 5.82 Å². The maximum atomic E-state index is 11.4. The maximum absolute atomic E-state index is 11.4. The zero-order valence-corrected chi connectivity index (χ0v) is 9.76. The lowest BCUT2D eigenvalue weighted by Crippen LogP contribution is -2.26. The quantitative estimate of drug-likeness (QED) is 0.707. The summed E-state index contributed by atoms with van der Waals surface area (Å²) in [6, 6.07) is 3.67. The van der Waals surface area contributed by atoms with E-state index in [1.807, 2.05) is 12.1 Å². The second-order valence-electron chi connectivity index (χ2n) is 3.58. The fraction of sp³-hybridized carbons (Fsp3) is 0.364. The van der Waals surface area contributed by atoms with Gasteiger partial charge in [-0.2, -0.15) is 5.10 Å². The number of H-pyrrole nitrogens is 1. The van der Waals surface area contributed by atoms with Crippen molar-refractivity contribution in [2.24, 2.45) is 0 Å². The molecule has 0 unspecified atom stereocenters. The molecule has 2 aromatic heterocycles. The van der Waals surface area contributed by atoms with E-state index in [9.17, 15) is 4.79 Å². The molecular weight excluding hydrogens is 236 g/mol. The largest absolute Gasteiger partial charge is 0.467 e. The average Bonchev–Trinajstić information content (AvgIpc) is 3.05. The Bertz CT molecular complexity index is 453. The van der Waals surface area contributed by atoms with E-state index in [2.05, 4.69) is 20.5 Å². The van der Waals surface area contributed by atoms with E-state index in [-0.39, 0.29) is 11.7 Å². The summed E-state index contributed by atoms with van der Waals surface area (Å²) in [5, 5.41) is 8.79. The third-order valence-electron chi connectivity index (χ3n) is 2.21. The van der Waals surface area contributed by atoms with Crippen LogP contribution < -0.4 is 5.32 Å². The summed E-state index contributed by atoms with van der Waals surface area (Å²) in [7, 11) is 0. The number of carbonyl (C=O) groups excluding carboxylic acids is 1. The number of amides is 1. The first kappa shape index (κ1) is 12.3. The van der Waals surface area contributed by atoms with Crippen molar-refractivity contribution < 1.29 is 13.9 Å². The van der Waals surface area contributed by atoms with E-state index in [0.717, 1.165) is 12.2 Å². The van der Waals surface area contributed by atoms with Crippen molar-refractivity contribution in [2.75, 3.05) is 13.2 Å². The zero-order valence-electron chi connectivity index (χ0n) is 9.76. The number of furan rings is 1. The molecule has 2 rings (SSSR count). The lowest BCUT2D eigenvalue weighted by atomic mass is 10.4. The number of hydrogen-bond donors (Lipinski definition) is 2. The molecule has 1 amide bonds. The van der Waals surface area contributed by atoms with Gasteiger partial charge in [-0.25, -0.2) is 4.98 Å². The van der Waals surface area contributed by atoms with Gasteiger partial charge in [0.1, 0.15) is 18.7 Å². The topological polar surface area (TPSA) is 93.0 Å². The van der Waals surface area contributed by atoms with Gasteiger partial charge in [0.05, 0.1) is 6.26 Å². The van der Waals surface area contributed by atoms with E-state index >= 15 is 0 Å². The first-order chi connectivity index (χ1) is 8.86. The minimum atomic E-state index is -0.265. The van der Waals surface area contributed by atoms with Crippen molar-refractivity contribution in [1.82, 2.24) is 20.5 Å². The van der Waals surface area contributed by atoms with Crippen LogP contribution in [0.3, 0.4) is 0 Å². The molecule has 18 heavy (non-hydrogen) atoms. The van der Waals surface area contributed by atoms with Crippen LogP contribution in [-0.2, 0) is 11.3 Å². The molecule has 0 aromatic carbocycles. The van der Waals surface area contributed by atoms with Crippen molar-refractivity contribution >= 4 is 5.91 Å². The predicted molar refractivity (Wildman–Crippen MR) is 61.7 cm³/mol. The SMILES string of the molecule is O=C(NCCCOCc1ccco1)c1ncn[nH]1. The molecule has 2 N–H and O–H groups in total. The van der Waals surface area contributed by atoms with Gasteiger partial charge in [0.15, 0.2) is 0 Å². The van der Waals surface area contributed by atoms with Crippen molar-refractivity contribution in [3.8, 4) is 0 Å². The first-order valence-electron chi connectivity index (χ1n) is 5.60. The molecule has 0 aliphatic carbocycles. The van der Waals surface area contributed by atoms with Gasteiger partial charge in [-0.3, -0.25) is 9.89 Å². The molecule has 2 heterocycles. The van der Waals surface area contributed by atoms with E-state index in [1.54, 1.807) is 6.26 Å². The average molecular weight is 250 g/mol. The highest BCUT2D eigenvalue weighted by atomic mass is 16.5. The van der Waals surface area contributed by atoms with Gasteiger partial charge in [-0.05, 0) is 18.6 Å². The van der Waals surface area contributed by atoms with Crippen LogP contribution in [0.2, 0.25) is 0 Å². The molecule has 0 fully saturated rings. The highest BCUT2D eigenvalue weighted by Crippen LogP contribution is 2.01. The number of rotatable bonds is 7. The molecule has 0 saturated carbocycles. The summed E-state index contributed by atoms with van der Waals surface area (Å²) >= 11 is 0. The summed E-state index contributed by atoms with van der Waals surface area (Å²) in [5.74, 6) is 0.741. The summed E-state index contributed by atoms with van der Waals surface area (Å²) in [6.45, 7) is 1.53. The Labute approximate surface area is 104 Å². The lowest BCUT2D eigenvalue weighted by Gasteiger charge is -2.03. The fourth-order valence-electron chi connectivity index (χ4n) is 1.34. The molecular formula is C11H14N4O3. The van der Waals surface area contributed by atoms with E-state index in [1.165, 1.54) is 6.33 Å². The molecule has 7 nitrogen and oxygen atoms in total. The number of carbonyl (C=O) groups is 1. The Hall–Kier alpha value is -2.15. The Morgan fingerprint density at radius 2 is 2.50 bits per heavy atom. The summed E-state index contributed by atoms with van der Waals surface area (Å²) < 4.78 is 10.5. The Morgan fingerprint density at radius 1 is 1.56 bits per heavy atom. The molecule has 0 saturated heterocycles. The highest BCUT2D eigenvalue weighted by Gasteiger charge is 2.06. The molecule has 0 radical (unpaired) electrons. The number of aromatic amines is 1. The van der Waals surface area contributed by atoms with Crippen LogP contribution in [0.5, 0.6) is 0 Å². The van der Waals surface area contributed by atoms with Crippen LogP contribution in [0.25, 0.3) is 0 Å². The Kier molecular flexibility index (Phi) is 4.48. The van der Waals surface area contributed by atoms with Crippen LogP contribution in [0.15, 0.2) is 29.1 Å². The summed E-state index contributed by atoms with van der Waals surface area (Å²) in [4.78, 5) is 15.2. The summed E-state index contributed by atoms with van der Waals surface area (Å²) in [6.07, 6.45) is 3.62. The minimum absolute atomic E-state index is 0.214. The van der Waals surface area contributed by atoms with E-state index in [4.69, 9.17) is 9.15 Å². The number of nitrogens with one attached hydrogen (secondary N) is 2. The minimum Gasteiger partial charge on any atom is -0.467 e. The smallest absolute Gasteiger partial charge is 0.288 e. The van der Waals surface area contributed by atoms with Gasteiger partial charge in [-0.1, -0.05) is 0 Å². The third kappa shape index (κ3) is 3.70. The van der Waals surface area contributed by atoms with E-state index < -0.39 is 0 Å². The fourth-order valence-corrected chi connectivity index (χ4v) is 1.34. The second-order valence-corrected chi connectivity index (χ2v) is 3.58. The van der Waals surface area contributed by atoms with Crippen LogP contribution >= 0.6 is 0 Å². The molecule has 0 spiro atoms. The Balaban J connectivity index is 1.52. The van der Waals surface area contributed by atoms with E-state index in [0.29, 0.717) is 19.8 Å². The molecule has 2 aromatic rings. The standard InChI is InChI=1S/C11H14N4O3/c16-11(10-13-8-14-15-10)12-4-2-5-17-7-9-3-1-6-18-9/h1,3,6,8H,2,4-5,7H2,(H,12,16)(H,13,14,15). The molecule has 0 atom stereocenters. The molecule has 0 aliphatic heterocycles. The number of ether oxygens (including phenoxy) is 1. The molecule has 96 valence electrons. The Morgan fingerprint density at radius 3 is 3.22 bits per heavy atom. The number of hydrogen-bond acceptors (Lipinski definition) is 5. The van der Waals surface area contributed by atoms with Crippen LogP contribution in [0.4, 0.5) is 0 Å². The monoisotopic (exact) mass is 250 g/mol. The lowest BCUT2D eigenvalue weighted by molar-refractivity contribution is 0.0909. The first-order valence-corrected chi connectivity index (χ1v) is 5.60. The van der Waals surface area contributed by atoms with Gasteiger partial charge in [0, 0.05) is 13.2 Å². The van der Waals surface area contributed by atoms with Gasteiger partial charge < -0.3 is 14.5 Å². The number of nitrogens with zero attached hydrogens (tertiary/aromatic N) is 2. The molecule has 7 heteroatoms. The normalized spacial score (nSPS) is 10.4.